The predicted molar refractivity (Wildman–Crippen MR) is 39.4 cm³/mol. The zero-order chi connectivity index (χ0) is 8.85. The van der Waals surface area contributed by atoms with Crippen LogP contribution in [0.4, 0.5) is 0 Å². The van der Waals surface area contributed by atoms with E-state index >= 15 is 0 Å². The van der Waals surface area contributed by atoms with Gasteiger partial charge in [0.15, 0.2) is 6.73 Å². The van der Waals surface area contributed by atoms with Crippen molar-refractivity contribution >= 4 is 5.97 Å². The first-order valence-corrected chi connectivity index (χ1v) is 3.31. The van der Waals surface area contributed by atoms with Crippen LogP contribution in [0.2, 0.25) is 0 Å². The minimum absolute atomic E-state index is 0.0492. The van der Waals surface area contributed by atoms with E-state index in [1.807, 2.05) is 0 Å². The number of rotatable bonds is 4. The summed E-state index contributed by atoms with van der Waals surface area (Å²) < 4.78 is 4.55. The monoisotopic (exact) mass is 160 g/mol. The summed E-state index contributed by atoms with van der Waals surface area (Å²) in [6.45, 7) is 4.77. The molecule has 0 rings (SSSR count). The van der Waals surface area contributed by atoms with Crippen molar-refractivity contribution in [1.82, 2.24) is 5.01 Å². The summed E-state index contributed by atoms with van der Waals surface area (Å²) in [6, 6.07) is -0.0492. The molecular formula is C6H12N2O3. The fraction of sp³-hybridized carbons (Fsp3) is 0.833. The lowest BCUT2D eigenvalue weighted by molar-refractivity contribution is -0.146. The van der Waals surface area contributed by atoms with Gasteiger partial charge in [0.1, 0.15) is 0 Å². The van der Waals surface area contributed by atoms with Crippen molar-refractivity contribution in [2.75, 3.05) is 6.73 Å². The maximum absolute atomic E-state index is 10.3. The molecule has 0 amide bonds. The Morgan fingerprint density at radius 3 is 2.45 bits per heavy atom. The van der Waals surface area contributed by atoms with E-state index in [0.717, 1.165) is 5.01 Å². The van der Waals surface area contributed by atoms with Gasteiger partial charge in [-0.3, -0.25) is 4.79 Å². The van der Waals surface area contributed by atoms with E-state index in [-0.39, 0.29) is 12.8 Å². The summed E-state index contributed by atoms with van der Waals surface area (Å²) in [5.41, 5.74) is 0. The summed E-state index contributed by atoms with van der Waals surface area (Å²) in [5, 5.41) is 3.81. The fourth-order valence-electron chi connectivity index (χ4n) is 0.424. The molecule has 0 aliphatic heterocycles. The van der Waals surface area contributed by atoms with Gasteiger partial charge in [-0.25, -0.2) is 5.01 Å². The Kier molecular flexibility index (Phi) is 4.17. The second kappa shape index (κ2) is 4.65. The van der Waals surface area contributed by atoms with Crippen molar-refractivity contribution in [2.24, 2.45) is 5.29 Å². The van der Waals surface area contributed by atoms with Gasteiger partial charge in [0.25, 0.3) is 0 Å². The molecule has 0 radical (unpaired) electrons. The maximum Gasteiger partial charge on any atom is 0.304 e. The van der Waals surface area contributed by atoms with Crippen LogP contribution >= 0.6 is 0 Å². The summed E-state index contributed by atoms with van der Waals surface area (Å²) in [5.74, 6) is -0.417. The quantitative estimate of drug-likeness (QED) is 0.265. The first-order chi connectivity index (χ1) is 5.07. The van der Waals surface area contributed by atoms with Gasteiger partial charge in [0, 0.05) is 13.0 Å². The molecule has 0 heterocycles. The standard InChI is InChI=1S/C6H12N2O3/c1-5(2)8(7-10)4-11-6(3)9/h5H,4H2,1-3H3. The molecule has 0 spiro atoms. The molecule has 0 aromatic rings. The minimum atomic E-state index is -0.417. The molecule has 11 heavy (non-hydrogen) atoms. The summed E-state index contributed by atoms with van der Waals surface area (Å²) >= 11 is 0. The third-order valence-electron chi connectivity index (χ3n) is 1.10. The summed E-state index contributed by atoms with van der Waals surface area (Å²) in [4.78, 5) is 20.3. The molecule has 0 bridgehead atoms. The summed E-state index contributed by atoms with van der Waals surface area (Å²) in [7, 11) is 0. The molecule has 0 unspecified atom stereocenters. The van der Waals surface area contributed by atoms with Crippen LogP contribution in [-0.4, -0.2) is 23.8 Å². The van der Waals surface area contributed by atoms with Gasteiger partial charge >= 0.3 is 5.97 Å². The van der Waals surface area contributed by atoms with Crippen LogP contribution in [0.15, 0.2) is 5.29 Å². The van der Waals surface area contributed by atoms with Crippen LogP contribution < -0.4 is 0 Å². The highest BCUT2D eigenvalue weighted by Gasteiger charge is 2.07. The highest BCUT2D eigenvalue weighted by atomic mass is 16.5. The smallest absolute Gasteiger partial charge is 0.304 e. The lowest BCUT2D eigenvalue weighted by Gasteiger charge is -2.17. The summed E-state index contributed by atoms with van der Waals surface area (Å²) in [6.07, 6.45) is 0. The molecule has 0 N–H and O–H groups in total. The van der Waals surface area contributed by atoms with Crippen molar-refractivity contribution in [3.63, 3.8) is 0 Å². The van der Waals surface area contributed by atoms with Gasteiger partial charge in [-0.2, -0.15) is 0 Å². The van der Waals surface area contributed by atoms with Crippen LogP contribution in [0.5, 0.6) is 0 Å². The molecule has 0 aromatic carbocycles. The van der Waals surface area contributed by atoms with Crippen LogP contribution in [0.25, 0.3) is 0 Å². The Balaban J connectivity index is 3.69. The number of nitroso groups, excluding NO2 is 1. The van der Waals surface area contributed by atoms with Gasteiger partial charge in [-0.1, -0.05) is 0 Å². The molecule has 5 heteroatoms. The second-order valence-corrected chi connectivity index (χ2v) is 2.38. The molecular weight excluding hydrogens is 148 g/mol. The first-order valence-electron chi connectivity index (χ1n) is 3.31. The molecule has 5 nitrogen and oxygen atoms in total. The maximum atomic E-state index is 10.3. The second-order valence-electron chi connectivity index (χ2n) is 2.38. The van der Waals surface area contributed by atoms with Gasteiger partial charge in [-0.15, -0.1) is 4.91 Å². The average molecular weight is 160 g/mol. The largest absolute Gasteiger partial charge is 0.443 e. The third kappa shape index (κ3) is 4.30. The molecule has 0 aromatic heterocycles. The molecule has 0 fully saturated rings. The van der Waals surface area contributed by atoms with Gasteiger partial charge in [0.05, 0.1) is 5.29 Å². The van der Waals surface area contributed by atoms with E-state index in [9.17, 15) is 9.70 Å². The zero-order valence-electron chi connectivity index (χ0n) is 6.90. The van der Waals surface area contributed by atoms with Crippen LogP contribution in [-0.2, 0) is 9.53 Å². The lowest BCUT2D eigenvalue weighted by Crippen LogP contribution is -2.28. The lowest BCUT2D eigenvalue weighted by atomic mass is 10.4. The van der Waals surface area contributed by atoms with E-state index < -0.39 is 5.97 Å². The van der Waals surface area contributed by atoms with Crippen LogP contribution in [0.3, 0.4) is 0 Å². The Labute approximate surface area is 65.3 Å². The Morgan fingerprint density at radius 1 is 1.64 bits per heavy atom. The molecule has 0 saturated carbocycles. The van der Waals surface area contributed by atoms with E-state index in [0.29, 0.717) is 0 Å². The number of nitrogens with zero attached hydrogens (tertiary/aromatic N) is 2. The third-order valence-corrected chi connectivity index (χ3v) is 1.10. The van der Waals surface area contributed by atoms with Crippen molar-refractivity contribution in [3.8, 4) is 0 Å². The number of carbonyl (C=O) groups is 1. The van der Waals surface area contributed by atoms with Crippen LogP contribution in [0.1, 0.15) is 20.8 Å². The van der Waals surface area contributed by atoms with Crippen molar-refractivity contribution in [3.05, 3.63) is 4.91 Å². The van der Waals surface area contributed by atoms with Crippen molar-refractivity contribution in [2.45, 2.75) is 26.8 Å². The SMILES string of the molecule is CC(=O)OCN(N=O)C(C)C. The first kappa shape index (κ1) is 9.87. The highest BCUT2D eigenvalue weighted by molar-refractivity contribution is 5.65. The molecule has 0 aliphatic carbocycles. The predicted octanol–water partition coefficient (Wildman–Crippen LogP) is 0.899. The molecule has 64 valence electrons. The Morgan fingerprint density at radius 2 is 2.18 bits per heavy atom. The highest BCUT2D eigenvalue weighted by Crippen LogP contribution is 1.97. The number of hydrogen-bond donors (Lipinski definition) is 0. The van der Waals surface area contributed by atoms with Gasteiger partial charge < -0.3 is 4.74 Å². The fourth-order valence-corrected chi connectivity index (χ4v) is 0.424. The zero-order valence-corrected chi connectivity index (χ0v) is 6.90. The average Bonchev–Trinajstić information content (AvgIpc) is 1.87. The van der Waals surface area contributed by atoms with Gasteiger partial charge in [0.2, 0.25) is 0 Å². The number of hydrogen-bond acceptors (Lipinski definition) is 4. The van der Waals surface area contributed by atoms with E-state index in [1.165, 1.54) is 6.92 Å². The molecule has 0 saturated heterocycles. The number of carbonyl (C=O) groups excluding carboxylic acids is 1. The molecule has 0 aliphatic rings. The number of esters is 1. The topological polar surface area (TPSA) is 59.0 Å². The van der Waals surface area contributed by atoms with Crippen molar-refractivity contribution < 1.29 is 9.53 Å². The Hall–Kier alpha value is -1.13. The van der Waals surface area contributed by atoms with Crippen LogP contribution in [0, 0.1) is 4.91 Å². The van der Waals surface area contributed by atoms with E-state index in [2.05, 4.69) is 10.0 Å². The normalized spacial score (nSPS) is 9.45. The molecule has 0 atom stereocenters. The van der Waals surface area contributed by atoms with E-state index in [1.54, 1.807) is 13.8 Å². The van der Waals surface area contributed by atoms with Gasteiger partial charge in [-0.05, 0) is 13.8 Å². The Bertz CT molecular complexity index is 147. The number of ether oxygens (including phenoxy) is 1. The minimum Gasteiger partial charge on any atom is -0.443 e. The van der Waals surface area contributed by atoms with E-state index in [4.69, 9.17) is 0 Å². The van der Waals surface area contributed by atoms with Crippen molar-refractivity contribution in [1.29, 1.82) is 0 Å².